The highest BCUT2D eigenvalue weighted by atomic mass is 28.4. The van der Waals surface area contributed by atoms with Gasteiger partial charge in [0, 0.05) is 24.2 Å². The van der Waals surface area contributed by atoms with Crippen LogP contribution in [0.3, 0.4) is 0 Å². The molecule has 0 aliphatic carbocycles. The number of non-ortho nitro benzene ring substituents is 1. The van der Waals surface area contributed by atoms with Gasteiger partial charge >= 0.3 is 0 Å². The molecule has 7 heteroatoms. The van der Waals surface area contributed by atoms with Crippen LogP contribution in [-0.4, -0.2) is 31.8 Å². The van der Waals surface area contributed by atoms with Crippen LogP contribution in [0.2, 0.25) is 18.1 Å². The Kier molecular flexibility index (Phi) is 5.15. The maximum absolute atomic E-state index is 12.3. The summed E-state index contributed by atoms with van der Waals surface area (Å²) in [6.45, 7) is 11.5. The van der Waals surface area contributed by atoms with Crippen LogP contribution in [0.25, 0.3) is 0 Å². The van der Waals surface area contributed by atoms with Crippen LogP contribution in [0.5, 0.6) is 0 Å². The first-order valence-corrected chi connectivity index (χ1v) is 11.1. The Bertz CT molecular complexity index is 622. The van der Waals surface area contributed by atoms with Crippen molar-refractivity contribution in [3.05, 3.63) is 34.4 Å². The fourth-order valence-electron chi connectivity index (χ4n) is 2.51. The Hall–Kier alpha value is -1.73. The van der Waals surface area contributed by atoms with Crippen molar-refractivity contribution >= 4 is 25.6 Å². The van der Waals surface area contributed by atoms with E-state index in [1.807, 2.05) is 0 Å². The van der Waals surface area contributed by atoms with Gasteiger partial charge in [-0.15, -0.1) is 0 Å². The van der Waals surface area contributed by atoms with Crippen molar-refractivity contribution in [2.75, 3.05) is 11.5 Å². The molecule has 1 fully saturated rings. The monoisotopic (exact) mass is 350 g/mol. The number of hydrogen-bond donors (Lipinski definition) is 0. The number of nitro groups is 1. The number of nitrogens with zero attached hydrogens (tertiary/aromatic N) is 2. The van der Waals surface area contributed by atoms with Gasteiger partial charge in [0.2, 0.25) is 5.91 Å². The zero-order chi connectivity index (χ0) is 18.1. The van der Waals surface area contributed by atoms with E-state index in [1.165, 1.54) is 12.1 Å². The van der Waals surface area contributed by atoms with Gasteiger partial charge in [0.25, 0.3) is 5.69 Å². The topological polar surface area (TPSA) is 72.7 Å². The first kappa shape index (κ1) is 18.6. The molecule has 1 aliphatic rings. The van der Waals surface area contributed by atoms with E-state index in [2.05, 4.69) is 33.9 Å². The van der Waals surface area contributed by atoms with Gasteiger partial charge in [-0.3, -0.25) is 14.9 Å². The quantitative estimate of drug-likeness (QED) is 0.455. The fraction of sp³-hybridized carbons (Fsp3) is 0.588. The van der Waals surface area contributed by atoms with Crippen LogP contribution in [-0.2, 0) is 9.22 Å². The summed E-state index contributed by atoms with van der Waals surface area (Å²) in [6.07, 6.45) is 1.24. The number of benzene rings is 1. The van der Waals surface area contributed by atoms with Gasteiger partial charge in [0.1, 0.15) is 0 Å². The molecule has 24 heavy (non-hydrogen) atoms. The summed E-state index contributed by atoms with van der Waals surface area (Å²) in [4.78, 5) is 24.3. The van der Waals surface area contributed by atoms with Crippen molar-refractivity contribution in [2.45, 2.75) is 57.8 Å². The van der Waals surface area contributed by atoms with E-state index >= 15 is 0 Å². The van der Waals surface area contributed by atoms with E-state index < -0.39 is 13.2 Å². The Morgan fingerprint density at radius 1 is 1.29 bits per heavy atom. The molecule has 1 aromatic rings. The van der Waals surface area contributed by atoms with E-state index in [4.69, 9.17) is 4.43 Å². The lowest BCUT2D eigenvalue weighted by atomic mass is 10.2. The van der Waals surface area contributed by atoms with Gasteiger partial charge in [-0.1, -0.05) is 20.8 Å². The normalized spacial score (nSPS) is 19.0. The summed E-state index contributed by atoms with van der Waals surface area (Å²) in [5.74, 6) is 0.0488. The number of nitro benzene ring substituents is 1. The highest BCUT2D eigenvalue weighted by Crippen LogP contribution is 2.37. The average molecular weight is 350 g/mol. The van der Waals surface area contributed by atoms with E-state index in [0.29, 0.717) is 18.7 Å². The third kappa shape index (κ3) is 3.84. The minimum atomic E-state index is -1.88. The van der Waals surface area contributed by atoms with E-state index in [-0.39, 0.29) is 22.7 Å². The van der Waals surface area contributed by atoms with Crippen molar-refractivity contribution in [2.24, 2.45) is 0 Å². The van der Waals surface area contributed by atoms with Crippen molar-refractivity contribution in [3.8, 4) is 0 Å². The van der Waals surface area contributed by atoms with E-state index in [9.17, 15) is 14.9 Å². The maximum Gasteiger partial charge on any atom is 0.269 e. The van der Waals surface area contributed by atoms with Gasteiger partial charge in [-0.05, 0) is 36.7 Å². The number of rotatable bonds is 5. The first-order chi connectivity index (χ1) is 11.0. The lowest BCUT2D eigenvalue weighted by Gasteiger charge is -2.38. The number of carbonyl (C=O) groups excluding carboxylic acids is 1. The summed E-state index contributed by atoms with van der Waals surface area (Å²) in [6, 6.07) is 6.15. The number of carbonyl (C=O) groups is 1. The summed E-state index contributed by atoms with van der Waals surface area (Å²) >= 11 is 0. The second-order valence-electron chi connectivity index (χ2n) is 7.80. The molecule has 0 bridgehead atoms. The molecule has 1 aromatic carbocycles. The second-order valence-corrected chi connectivity index (χ2v) is 12.6. The van der Waals surface area contributed by atoms with Gasteiger partial charge < -0.3 is 9.33 Å². The zero-order valence-electron chi connectivity index (χ0n) is 15.0. The molecular weight excluding hydrogens is 324 g/mol. The molecule has 1 heterocycles. The van der Waals surface area contributed by atoms with Gasteiger partial charge in [0.05, 0.1) is 17.6 Å². The maximum atomic E-state index is 12.3. The molecule has 0 N–H and O–H groups in total. The minimum Gasteiger partial charge on any atom is -0.415 e. The highest BCUT2D eigenvalue weighted by Gasteiger charge is 2.40. The van der Waals surface area contributed by atoms with Gasteiger partial charge in [0.15, 0.2) is 8.32 Å². The highest BCUT2D eigenvalue weighted by molar-refractivity contribution is 6.74. The van der Waals surface area contributed by atoms with Crippen molar-refractivity contribution < 1.29 is 14.1 Å². The molecule has 1 aliphatic heterocycles. The molecular formula is C17H26N2O4Si. The standard InChI is InChI=1S/C17H26N2O4Si/c1-17(2,3)24(4,5)23-12-15-10-11-16(20)18(15)13-6-8-14(9-7-13)19(21)22/h6-9,15H,10-12H2,1-5H3/t15-/m0/s1. The van der Waals surface area contributed by atoms with Crippen LogP contribution >= 0.6 is 0 Å². The largest absolute Gasteiger partial charge is 0.415 e. The molecule has 6 nitrogen and oxygen atoms in total. The summed E-state index contributed by atoms with van der Waals surface area (Å²) < 4.78 is 6.28. The molecule has 0 unspecified atom stereocenters. The molecule has 2 rings (SSSR count). The van der Waals surface area contributed by atoms with Crippen LogP contribution in [0.15, 0.2) is 24.3 Å². The summed E-state index contributed by atoms with van der Waals surface area (Å²) in [5, 5.41) is 10.9. The average Bonchev–Trinajstić information content (AvgIpc) is 2.85. The van der Waals surface area contributed by atoms with Crippen LogP contribution in [0.1, 0.15) is 33.6 Å². The Balaban J connectivity index is 2.13. The molecule has 1 amide bonds. The Morgan fingerprint density at radius 3 is 2.38 bits per heavy atom. The molecule has 0 aromatic heterocycles. The predicted octanol–water partition coefficient (Wildman–Crippen LogP) is 4.11. The van der Waals surface area contributed by atoms with Crippen LogP contribution < -0.4 is 4.90 Å². The Morgan fingerprint density at radius 2 is 1.88 bits per heavy atom. The minimum absolute atomic E-state index is 0.00641. The SMILES string of the molecule is CC(C)(C)[Si](C)(C)OC[C@@H]1CCC(=O)N1c1ccc([N+](=O)[O-])cc1. The lowest BCUT2D eigenvalue weighted by molar-refractivity contribution is -0.384. The summed E-state index contributed by atoms with van der Waals surface area (Å²) in [5.41, 5.74) is 0.728. The van der Waals surface area contributed by atoms with Crippen molar-refractivity contribution in [1.29, 1.82) is 0 Å². The smallest absolute Gasteiger partial charge is 0.269 e. The fourth-order valence-corrected chi connectivity index (χ4v) is 3.55. The molecule has 0 radical (unpaired) electrons. The van der Waals surface area contributed by atoms with Crippen molar-refractivity contribution in [1.82, 2.24) is 0 Å². The number of anilines is 1. The Labute approximate surface area is 144 Å². The van der Waals surface area contributed by atoms with E-state index in [1.54, 1.807) is 17.0 Å². The molecule has 132 valence electrons. The van der Waals surface area contributed by atoms with Crippen LogP contribution in [0.4, 0.5) is 11.4 Å². The number of amides is 1. The van der Waals surface area contributed by atoms with Gasteiger partial charge in [-0.25, -0.2) is 0 Å². The molecule has 1 saturated heterocycles. The van der Waals surface area contributed by atoms with E-state index in [0.717, 1.165) is 6.42 Å². The summed E-state index contributed by atoms with van der Waals surface area (Å²) in [7, 11) is -1.88. The van der Waals surface area contributed by atoms with Gasteiger partial charge in [-0.2, -0.15) is 0 Å². The third-order valence-electron chi connectivity index (χ3n) is 5.11. The molecule has 0 spiro atoms. The third-order valence-corrected chi connectivity index (χ3v) is 9.61. The first-order valence-electron chi connectivity index (χ1n) is 8.23. The molecule has 1 atom stereocenters. The lowest BCUT2D eigenvalue weighted by Crippen LogP contribution is -2.45. The molecule has 0 saturated carbocycles. The van der Waals surface area contributed by atoms with Crippen molar-refractivity contribution in [3.63, 3.8) is 0 Å². The van der Waals surface area contributed by atoms with Crippen LogP contribution in [0, 0.1) is 10.1 Å². The number of hydrogen-bond acceptors (Lipinski definition) is 4. The predicted molar refractivity (Wildman–Crippen MR) is 96.8 cm³/mol. The second kappa shape index (κ2) is 6.64. The zero-order valence-corrected chi connectivity index (χ0v) is 16.0.